The van der Waals surface area contributed by atoms with E-state index in [1.54, 1.807) is 0 Å². The van der Waals surface area contributed by atoms with Crippen LogP contribution in [0, 0.1) is 15.9 Å². The highest BCUT2D eigenvalue weighted by Crippen LogP contribution is 2.31. The van der Waals surface area contributed by atoms with Crippen LogP contribution in [0.3, 0.4) is 0 Å². The Kier molecular flexibility index (Phi) is 4.40. The topological polar surface area (TPSA) is 121 Å². The Morgan fingerprint density at radius 3 is 2.72 bits per heavy atom. The number of amides is 1. The summed E-state index contributed by atoms with van der Waals surface area (Å²) in [6, 6.07) is 0.468. The lowest BCUT2D eigenvalue weighted by Crippen LogP contribution is -2.41. The summed E-state index contributed by atoms with van der Waals surface area (Å²) in [5, 5.41) is 10.3. The van der Waals surface area contributed by atoms with Gasteiger partial charge in [-0.05, 0) is 0 Å². The summed E-state index contributed by atoms with van der Waals surface area (Å²) >= 11 is 5.66. The van der Waals surface area contributed by atoms with Gasteiger partial charge in [0.2, 0.25) is 11.7 Å². The molecule has 1 unspecified atom stereocenters. The normalized spacial score (nSPS) is 11.9. The third-order valence-corrected chi connectivity index (χ3v) is 2.28. The molecule has 0 radical (unpaired) electrons. The molecule has 0 bridgehead atoms. The highest BCUT2D eigenvalue weighted by molar-refractivity contribution is 6.32. The van der Waals surface area contributed by atoms with Gasteiger partial charge < -0.3 is 16.2 Å². The van der Waals surface area contributed by atoms with Crippen molar-refractivity contribution >= 4 is 23.2 Å². The first-order chi connectivity index (χ1) is 8.32. The van der Waals surface area contributed by atoms with Gasteiger partial charge in [-0.25, -0.2) is 0 Å². The second-order valence-electron chi connectivity index (χ2n) is 3.31. The van der Waals surface area contributed by atoms with Crippen molar-refractivity contribution in [2.75, 3.05) is 6.61 Å². The third-order valence-electron chi connectivity index (χ3n) is 1.98. The van der Waals surface area contributed by atoms with Crippen LogP contribution < -0.4 is 16.2 Å². The van der Waals surface area contributed by atoms with Crippen LogP contribution in [0.25, 0.3) is 0 Å². The highest BCUT2D eigenvalue weighted by Gasteiger charge is 2.19. The van der Waals surface area contributed by atoms with E-state index in [1.807, 2.05) is 0 Å². The van der Waals surface area contributed by atoms with Gasteiger partial charge in [-0.3, -0.25) is 14.9 Å². The Bertz CT molecular complexity index is 497. The number of hydrogen-bond acceptors (Lipinski definition) is 5. The van der Waals surface area contributed by atoms with Crippen molar-refractivity contribution in [1.82, 2.24) is 0 Å². The highest BCUT2D eigenvalue weighted by atomic mass is 35.5. The minimum Gasteiger partial charge on any atom is -0.490 e. The van der Waals surface area contributed by atoms with Crippen molar-refractivity contribution < 1.29 is 18.8 Å². The predicted octanol–water partition coefficient (Wildman–Crippen LogP) is 0.579. The molecule has 0 saturated carbocycles. The van der Waals surface area contributed by atoms with Gasteiger partial charge in [0.15, 0.2) is 0 Å². The minimum absolute atomic E-state index is 0.156. The minimum atomic E-state index is -1.10. The second kappa shape index (κ2) is 5.61. The Hall–Kier alpha value is -1.93. The van der Waals surface area contributed by atoms with Crippen LogP contribution in [0.2, 0.25) is 5.02 Å². The number of rotatable bonds is 5. The molecule has 1 amide bonds. The molecule has 0 aromatic heterocycles. The van der Waals surface area contributed by atoms with Gasteiger partial charge in [0.25, 0.3) is 0 Å². The number of nitro groups is 1. The summed E-state index contributed by atoms with van der Waals surface area (Å²) < 4.78 is 18.2. The molecular formula is C9H9ClFN3O4. The zero-order chi connectivity index (χ0) is 13.9. The van der Waals surface area contributed by atoms with E-state index in [2.05, 4.69) is 0 Å². The van der Waals surface area contributed by atoms with Crippen molar-refractivity contribution in [3.05, 3.63) is 33.1 Å². The number of nitrogens with zero attached hydrogens (tertiary/aromatic N) is 1. The molecule has 98 valence electrons. The molecule has 18 heavy (non-hydrogen) atoms. The molecule has 0 aliphatic heterocycles. The molecule has 0 aliphatic carbocycles. The first-order valence-corrected chi connectivity index (χ1v) is 5.02. The average Bonchev–Trinajstić information content (AvgIpc) is 2.28. The van der Waals surface area contributed by atoms with Crippen LogP contribution in [0.1, 0.15) is 0 Å². The third kappa shape index (κ3) is 3.28. The Morgan fingerprint density at radius 2 is 2.22 bits per heavy atom. The van der Waals surface area contributed by atoms with Gasteiger partial charge in [0.05, 0.1) is 9.95 Å². The largest absolute Gasteiger partial charge is 0.490 e. The number of ether oxygens (including phenoxy) is 1. The molecule has 0 spiro atoms. The van der Waals surface area contributed by atoms with Crippen molar-refractivity contribution in [1.29, 1.82) is 0 Å². The first-order valence-electron chi connectivity index (χ1n) is 4.64. The van der Waals surface area contributed by atoms with E-state index in [0.29, 0.717) is 0 Å². The molecular weight excluding hydrogens is 269 g/mol. The van der Waals surface area contributed by atoms with E-state index in [4.69, 9.17) is 27.8 Å². The van der Waals surface area contributed by atoms with Crippen molar-refractivity contribution in [2.45, 2.75) is 6.04 Å². The van der Waals surface area contributed by atoms with Gasteiger partial charge in [-0.1, -0.05) is 11.6 Å². The van der Waals surface area contributed by atoms with E-state index >= 15 is 0 Å². The average molecular weight is 278 g/mol. The molecule has 0 heterocycles. The summed E-state index contributed by atoms with van der Waals surface area (Å²) in [5.41, 5.74) is 9.41. The summed E-state index contributed by atoms with van der Waals surface area (Å²) in [5.74, 6) is -2.06. The Balaban J connectivity index is 2.88. The van der Waals surface area contributed by atoms with E-state index in [9.17, 15) is 19.3 Å². The SMILES string of the molecule is NC(=O)C(N)COc1cc(F)c([N+](=O)[O-])cc1Cl. The maximum absolute atomic E-state index is 13.3. The lowest BCUT2D eigenvalue weighted by molar-refractivity contribution is -0.387. The van der Waals surface area contributed by atoms with Crippen LogP contribution in [0.5, 0.6) is 5.75 Å². The number of carbonyl (C=O) groups excluding carboxylic acids is 1. The molecule has 1 atom stereocenters. The fourth-order valence-corrected chi connectivity index (χ4v) is 1.24. The number of benzene rings is 1. The zero-order valence-electron chi connectivity index (χ0n) is 8.93. The molecule has 1 aromatic rings. The molecule has 9 heteroatoms. The molecule has 4 N–H and O–H groups in total. The van der Waals surface area contributed by atoms with Crippen LogP contribution in [-0.2, 0) is 4.79 Å². The maximum atomic E-state index is 13.3. The lowest BCUT2D eigenvalue weighted by Gasteiger charge is -2.11. The van der Waals surface area contributed by atoms with Crippen LogP contribution >= 0.6 is 11.6 Å². The van der Waals surface area contributed by atoms with Gasteiger partial charge in [-0.2, -0.15) is 4.39 Å². The fourth-order valence-electron chi connectivity index (χ4n) is 1.03. The van der Waals surface area contributed by atoms with Gasteiger partial charge in [0.1, 0.15) is 18.4 Å². The van der Waals surface area contributed by atoms with E-state index in [1.165, 1.54) is 0 Å². The van der Waals surface area contributed by atoms with Crippen molar-refractivity contribution in [2.24, 2.45) is 11.5 Å². The van der Waals surface area contributed by atoms with E-state index in [0.717, 1.165) is 12.1 Å². The number of nitro benzene ring substituents is 1. The van der Waals surface area contributed by atoms with Crippen molar-refractivity contribution in [3.63, 3.8) is 0 Å². The quantitative estimate of drug-likeness (QED) is 0.602. The van der Waals surface area contributed by atoms with Crippen molar-refractivity contribution in [3.8, 4) is 5.75 Å². The molecule has 1 rings (SSSR count). The summed E-state index contributed by atoms with van der Waals surface area (Å²) in [6.07, 6.45) is 0. The number of primary amides is 1. The maximum Gasteiger partial charge on any atom is 0.306 e. The number of carbonyl (C=O) groups is 1. The smallest absolute Gasteiger partial charge is 0.306 e. The standard InChI is InChI=1S/C9H9ClFN3O4/c10-4-1-7(14(16)17)5(11)2-8(4)18-3-6(12)9(13)15/h1-2,6H,3,12H2,(H2,13,15). The summed E-state index contributed by atoms with van der Waals surface area (Å²) in [6.45, 7) is -0.313. The zero-order valence-corrected chi connectivity index (χ0v) is 9.69. The molecule has 7 nitrogen and oxygen atoms in total. The van der Waals surface area contributed by atoms with Gasteiger partial charge >= 0.3 is 5.69 Å². The second-order valence-corrected chi connectivity index (χ2v) is 3.72. The van der Waals surface area contributed by atoms with Crippen LogP contribution in [0.15, 0.2) is 12.1 Å². The monoisotopic (exact) mass is 277 g/mol. The molecule has 0 aliphatic rings. The molecule has 1 aromatic carbocycles. The van der Waals surface area contributed by atoms with E-state index in [-0.39, 0.29) is 17.4 Å². The summed E-state index contributed by atoms with van der Waals surface area (Å²) in [7, 11) is 0. The summed E-state index contributed by atoms with van der Waals surface area (Å²) in [4.78, 5) is 20.1. The first kappa shape index (κ1) is 14.1. The number of hydrogen-bond donors (Lipinski definition) is 2. The fraction of sp³-hybridized carbons (Fsp3) is 0.222. The van der Waals surface area contributed by atoms with Crippen LogP contribution in [-0.4, -0.2) is 23.5 Å². The Labute approximate surface area is 106 Å². The lowest BCUT2D eigenvalue weighted by atomic mass is 10.3. The number of halogens is 2. The van der Waals surface area contributed by atoms with Gasteiger partial charge in [-0.15, -0.1) is 0 Å². The number of nitrogens with two attached hydrogens (primary N) is 2. The Morgan fingerprint density at radius 1 is 1.61 bits per heavy atom. The molecule has 0 fully saturated rings. The molecule has 0 saturated heterocycles. The predicted molar refractivity (Wildman–Crippen MR) is 60.7 cm³/mol. The van der Waals surface area contributed by atoms with Crippen LogP contribution in [0.4, 0.5) is 10.1 Å². The van der Waals surface area contributed by atoms with Gasteiger partial charge in [0, 0.05) is 12.1 Å². The van der Waals surface area contributed by atoms with E-state index < -0.39 is 28.4 Å².